The van der Waals surface area contributed by atoms with Gasteiger partial charge in [-0.3, -0.25) is 0 Å². The van der Waals surface area contributed by atoms with Gasteiger partial charge in [-0.05, 0) is 5.56 Å². The van der Waals surface area contributed by atoms with Crippen molar-refractivity contribution in [2.75, 3.05) is 20.7 Å². The number of methoxy groups -OCH3 is 1. The molecule has 1 aromatic rings. The van der Waals surface area contributed by atoms with E-state index < -0.39 is 12.1 Å². The summed E-state index contributed by atoms with van der Waals surface area (Å²) >= 11 is 0. The molecule has 0 amide bonds. The van der Waals surface area contributed by atoms with Crippen LogP contribution in [0.1, 0.15) is 11.7 Å². The predicted molar refractivity (Wildman–Crippen MR) is 55.3 cm³/mol. The molecule has 16 heavy (non-hydrogen) atoms. The molecule has 0 aromatic heterocycles. The molecule has 0 saturated carbocycles. The quantitative estimate of drug-likeness (QED) is 0.442. The van der Waals surface area contributed by atoms with Crippen LogP contribution in [-0.4, -0.2) is 31.8 Å². The molecule has 0 spiro atoms. The van der Waals surface area contributed by atoms with Crippen LogP contribution in [0.15, 0.2) is 30.3 Å². The molecule has 1 unspecified atom stereocenters. The van der Waals surface area contributed by atoms with Crippen molar-refractivity contribution < 1.29 is 24.1 Å². The molecule has 0 aliphatic carbocycles. The van der Waals surface area contributed by atoms with Crippen LogP contribution in [0.25, 0.3) is 0 Å². The standard InChI is InChI=1S/C11H14O5/c1-14-7-15-8-16-11(13)10(12)9-5-3-2-4-6-9/h2-6,10,12H,7-8H2,1H3. The van der Waals surface area contributed by atoms with Crippen LogP contribution in [0, 0.1) is 0 Å². The summed E-state index contributed by atoms with van der Waals surface area (Å²) in [4.78, 5) is 11.3. The number of ether oxygens (including phenoxy) is 3. The zero-order valence-electron chi connectivity index (χ0n) is 8.96. The largest absolute Gasteiger partial charge is 0.436 e. The van der Waals surface area contributed by atoms with E-state index in [1.54, 1.807) is 30.3 Å². The third kappa shape index (κ3) is 3.98. The molecule has 0 aliphatic rings. The molecule has 0 aliphatic heterocycles. The van der Waals surface area contributed by atoms with Gasteiger partial charge in [-0.1, -0.05) is 30.3 Å². The lowest BCUT2D eigenvalue weighted by Crippen LogP contribution is -2.17. The zero-order valence-corrected chi connectivity index (χ0v) is 8.96. The van der Waals surface area contributed by atoms with Crippen LogP contribution in [-0.2, 0) is 19.0 Å². The van der Waals surface area contributed by atoms with Crippen molar-refractivity contribution in [2.45, 2.75) is 6.10 Å². The van der Waals surface area contributed by atoms with Crippen LogP contribution in [0.2, 0.25) is 0 Å². The topological polar surface area (TPSA) is 65.0 Å². The highest BCUT2D eigenvalue weighted by Gasteiger charge is 2.18. The highest BCUT2D eigenvalue weighted by molar-refractivity contribution is 5.76. The van der Waals surface area contributed by atoms with Crippen molar-refractivity contribution in [3.63, 3.8) is 0 Å². The van der Waals surface area contributed by atoms with Crippen molar-refractivity contribution in [1.29, 1.82) is 0 Å². The van der Waals surface area contributed by atoms with Gasteiger partial charge < -0.3 is 19.3 Å². The van der Waals surface area contributed by atoms with E-state index in [2.05, 4.69) is 9.47 Å². The maximum atomic E-state index is 11.3. The number of rotatable bonds is 6. The SMILES string of the molecule is COCOCOC(=O)C(O)c1ccccc1. The molecular formula is C11H14O5. The summed E-state index contributed by atoms with van der Waals surface area (Å²) < 4.78 is 14.0. The number of benzene rings is 1. The average Bonchev–Trinajstić information content (AvgIpc) is 2.34. The minimum atomic E-state index is -1.28. The van der Waals surface area contributed by atoms with E-state index in [4.69, 9.17) is 4.74 Å². The Labute approximate surface area is 93.6 Å². The molecule has 0 bridgehead atoms. The first-order valence-electron chi connectivity index (χ1n) is 4.72. The fourth-order valence-corrected chi connectivity index (χ4v) is 1.07. The Morgan fingerprint density at radius 3 is 2.62 bits per heavy atom. The minimum Gasteiger partial charge on any atom is -0.436 e. The Kier molecular flexibility index (Phi) is 5.49. The van der Waals surface area contributed by atoms with Gasteiger partial charge in [-0.15, -0.1) is 0 Å². The normalized spacial score (nSPS) is 12.1. The summed E-state index contributed by atoms with van der Waals surface area (Å²) in [6.45, 7) is -0.203. The zero-order chi connectivity index (χ0) is 11.8. The van der Waals surface area contributed by atoms with E-state index in [1.807, 2.05) is 0 Å². The van der Waals surface area contributed by atoms with Crippen molar-refractivity contribution in [2.24, 2.45) is 0 Å². The molecule has 1 aromatic carbocycles. The number of aliphatic hydroxyl groups excluding tert-OH is 1. The van der Waals surface area contributed by atoms with Gasteiger partial charge in [0.1, 0.15) is 6.79 Å². The van der Waals surface area contributed by atoms with E-state index in [1.165, 1.54) is 7.11 Å². The number of hydrogen-bond acceptors (Lipinski definition) is 5. The second kappa shape index (κ2) is 6.95. The van der Waals surface area contributed by atoms with Crippen LogP contribution in [0.5, 0.6) is 0 Å². The maximum Gasteiger partial charge on any atom is 0.341 e. The lowest BCUT2D eigenvalue weighted by molar-refractivity contribution is -0.175. The van der Waals surface area contributed by atoms with E-state index in [9.17, 15) is 9.90 Å². The fraction of sp³-hybridized carbons (Fsp3) is 0.364. The monoisotopic (exact) mass is 226 g/mol. The Balaban J connectivity index is 2.37. The third-order valence-electron chi connectivity index (χ3n) is 1.82. The van der Waals surface area contributed by atoms with E-state index >= 15 is 0 Å². The first-order valence-corrected chi connectivity index (χ1v) is 4.72. The van der Waals surface area contributed by atoms with Gasteiger partial charge in [0, 0.05) is 7.11 Å². The molecule has 1 rings (SSSR count). The molecule has 5 nitrogen and oxygen atoms in total. The lowest BCUT2D eigenvalue weighted by atomic mass is 10.1. The van der Waals surface area contributed by atoms with Gasteiger partial charge >= 0.3 is 5.97 Å². The molecule has 1 atom stereocenters. The molecule has 5 heteroatoms. The van der Waals surface area contributed by atoms with Gasteiger partial charge in [0.25, 0.3) is 0 Å². The van der Waals surface area contributed by atoms with Crippen molar-refractivity contribution in [3.05, 3.63) is 35.9 Å². The molecule has 0 radical (unpaired) electrons. The molecule has 88 valence electrons. The Bertz CT molecular complexity index is 311. The van der Waals surface area contributed by atoms with Gasteiger partial charge in [0.05, 0.1) is 0 Å². The third-order valence-corrected chi connectivity index (χ3v) is 1.82. The highest BCUT2D eigenvalue weighted by atomic mass is 16.7. The number of aliphatic hydroxyl groups is 1. The Hall–Kier alpha value is -1.43. The van der Waals surface area contributed by atoms with Crippen LogP contribution >= 0.6 is 0 Å². The first-order chi connectivity index (χ1) is 7.75. The first kappa shape index (κ1) is 12.6. The predicted octanol–water partition coefficient (Wildman–Crippen LogP) is 0.841. The summed E-state index contributed by atoms with van der Waals surface area (Å²) in [6, 6.07) is 8.54. The lowest BCUT2D eigenvalue weighted by Gasteiger charge is -2.10. The minimum absolute atomic E-state index is 0.0364. The number of carbonyl (C=O) groups excluding carboxylic acids is 1. The smallest absolute Gasteiger partial charge is 0.341 e. The number of esters is 1. The second-order valence-corrected chi connectivity index (χ2v) is 3.01. The van der Waals surface area contributed by atoms with E-state index in [0.29, 0.717) is 5.56 Å². The number of hydrogen-bond donors (Lipinski definition) is 1. The van der Waals surface area contributed by atoms with Crippen molar-refractivity contribution in [1.82, 2.24) is 0 Å². The molecular weight excluding hydrogens is 212 g/mol. The molecule has 0 saturated heterocycles. The second-order valence-electron chi connectivity index (χ2n) is 3.01. The Morgan fingerprint density at radius 2 is 2.00 bits per heavy atom. The fourth-order valence-electron chi connectivity index (χ4n) is 1.07. The van der Waals surface area contributed by atoms with Crippen LogP contribution in [0.4, 0.5) is 0 Å². The number of carbonyl (C=O) groups is 1. The van der Waals surface area contributed by atoms with Gasteiger partial charge in [-0.2, -0.15) is 0 Å². The van der Waals surface area contributed by atoms with E-state index in [0.717, 1.165) is 0 Å². The van der Waals surface area contributed by atoms with Crippen LogP contribution < -0.4 is 0 Å². The summed E-state index contributed by atoms with van der Waals surface area (Å²) in [5.41, 5.74) is 0.485. The van der Waals surface area contributed by atoms with Gasteiger partial charge in [0.15, 0.2) is 12.9 Å². The van der Waals surface area contributed by atoms with Crippen LogP contribution in [0.3, 0.4) is 0 Å². The summed E-state index contributed by atoms with van der Waals surface area (Å²) in [5, 5.41) is 9.58. The van der Waals surface area contributed by atoms with Crippen molar-refractivity contribution in [3.8, 4) is 0 Å². The van der Waals surface area contributed by atoms with E-state index in [-0.39, 0.29) is 13.6 Å². The van der Waals surface area contributed by atoms with Gasteiger partial charge in [0.2, 0.25) is 0 Å². The summed E-state index contributed by atoms with van der Waals surface area (Å²) in [7, 11) is 1.46. The average molecular weight is 226 g/mol. The molecule has 0 fully saturated rings. The maximum absolute atomic E-state index is 11.3. The Morgan fingerprint density at radius 1 is 1.31 bits per heavy atom. The van der Waals surface area contributed by atoms with Crippen molar-refractivity contribution >= 4 is 5.97 Å². The molecule has 0 heterocycles. The highest BCUT2D eigenvalue weighted by Crippen LogP contribution is 2.13. The summed E-state index contributed by atoms with van der Waals surface area (Å²) in [6.07, 6.45) is -1.28. The molecule has 1 N–H and O–H groups in total. The summed E-state index contributed by atoms with van der Waals surface area (Å²) in [5.74, 6) is -0.748. The van der Waals surface area contributed by atoms with Gasteiger partial charge in [-0.25, -0.2) is 4.79 Å².